The summed E-state index contributed by atoms with van der Waals surface area (Å²) in [6, 6.07) is 17.8. The molecule has 4 amide bonds. The van der Waals surface area contributed by atoms with Crippen LogP contribution in [0.25, 0.3) is 0 Å². The van der Waals surface area contributed by atoms with Gasteiger partial charge in [-0.1, -0.05) is 12.1 Å². The number of hydrogen-bond acceptors (Lipinski definition) is 6. The van der Waals surface area contributed by atoms with Gasteiger partial charge in [-0.2, -0.15) is 5.26 Å². The van der Waals surface area contributed by atoms with E-state index in [0.717, 1.165) is 11.3 Å². The van der Waals surface area contributed by atoms with Crippen LogP contribution in [0.2, 0.25) is 0 Å². The van der Waals surface area contributed by atoms with Crippen LogP contribution >= 0.6 is 0 Å². The molecule has 0 bridgehead atoms. The van der Waals surface area contributed by atoms with Crippen molar-refractivity contribution in [2.45, 2.75) is 6.92 Å². The highest BCUT2D eigenvalue weighted by atomic mass is 16.5. The minimum absolute atomic E-state index is 0.264. The first-order chi connectivity index (χ1) is 17.5. The van der Waals surface area contributed by atoms with Crippen LogP contribution in [0.4, 0.5) is 32.5 Å². The molecule has 1 aromatic heterocycles. The number of methoxy groups -OCH3 is 1. The Kier molecular flexibility index (Phi) is 7.51. The highest BCUT2D eigenvalue weighted by Gasteiger charge is 2.22. The average molecular weight is 486 g/mol. The normalized spacial score (nSPS) is 12.9. The number of carbonyl (C=O) groups is 2. The van der Waals surface area contributed by atoms with Crippen LogP contribution < -0.4 is 25.6 Å². The van der Waals surface area contributed by atoms with E-state index < -0.39 is 0 Å². The number of anilines is 4. The SMILES string of the molecule is COc1c(C)cccc1NC(=O)Nc1ccc(N2CCN(C(=O)Nc3ncccc3C#N)CC2)cc1. The number of aryl methyl sites for hydroxylation is 1. The van der Waals surface area contributed by atoms with Crippen LogP contribution in [0.5, 0.6) is 5.75 Å². The van der Waals surface area contributed by atoms with Crippen molar-refractivity contribution in [3.63, 3.8) is 0 Å². The quantitative estimate of drug-likeness (QED) is 0.496. The number of amides is 4. The van der Waals surface area contributed by atoms with Gasteiger partial charge in [0, 0.05) is 43.8 Å². The molecule has 3 aromatic rings. The Balaban J connectivity index is 1.29. The molecule has 0 atom stereocenters. The summed E-state index contributed by atoms with van der Waals surface area (Å²) >= 11 is 0. The van der Waals surface area contributed by atoms with E-state index >= 15 is 0 Å². The molecule has 10 nitrogen and oxygen atoms in total. The molecule has 184 valence electrons. The monoisotopic (exact) mass is 485 g/mol. The van der Waals surface area contributed by atoms with E-state index in [0.29, 0.717) is 48.9 Å². The van der Waals surface area contributed by atoms with Crippen LogP contribution in [0.15, 0.2) is 60.8 Å². The van der Waals surface area contributed by atoms with Gasteiger partial charge >= 0.3 is 12.1 Å². The van der Waals surface area contributed by atoms with Gasteiger partial charge in [0.05, 0.1) is 18.4 Å². The maximum atomic E-state index is 12.6. The third-order valence-corrected chi connectivity index (χ3v) is 5.87. The largest absolute Gasteiger partial charge is 0.494 e. The van der Waals surface area contributed by atoms with Gasteiger partial charge in [-0.05, 0) is 55.0 Å². The molecule has 0 spiro atoms. The van der Waals surface area contributed by atoms with Crippen LogP contribution in [0.3, 0.4) is 0 Å². The predicted octanol–water partition coefficient (Wildman–Crippen LogP) is 4.27. The number of rotatable bonds is 5. The van der Waals surface area contributed by atoms with Crippen molar-refractivity contribution >= 4 is 34.9 Å². The number of piperazine rings is 1. The molecule has 1 saturated heterocycles. The van der Waals surface area contributed by atoms with E-state index in [4.69, 9.17) is 4.74 Å². The zero-order valence-corrected chi connectivity index (χ0v) is 20.1. The third kappa shape index (κ3) is 5.64. The zero-order valence-electron chi connectivity index (χ0n) is 20.1. The zero-order chi connectivity index (χ0) is 25.5. The van der Waals surface area contributed by atoms with Crippen molar-refractivity contribution in [3.05, 3.63) is 71.9 Å². The number of ether oxygens (including phenoxy) is 1. The Hall–Kier alpha value is -4.78. The molecule has 1 fully saturated rings. The van der Waals surface area contributed by atoms with Gasteiger partial charge in [-0.3, -0.25) is 5.32 Å². The van der Waals surface area contributed by atoms with E-state index in [1.807, 2.05) is 49.4 Å². The minimum Gasteiger partial charge on any atom is -0.494 e. The molecule has 2 aromatic carbocycles. The number of aromatic nitrogens is 1. The molecule has 2 heterocycles. The van der Waals surface area contributed by atoms with Crippen molar-refractivity contribution < 1.29 is 14.3 Å². The molecule has 0 aliphatic carbocycles. The van der Waals surface area contributed by atoms with Crippen LogP contribution in [-0.2, 0) is 0 Å². The highest BCUT2D eigenvalue weighted by molar-refractivity contribution is 6.01. The molecular formula is C26H27N7O3. The van der Waals surface area contributed by atoms with Gasteiger partial charge in [0.2, 0.25) is 0 Å². The second-order valence-electron chi connectivity index (χ2n) is 8.20. The van der Waals surface area contributed by atoms with Crippen molar-refractivity contribution in [1.29, 1.82) is 5.26 Å². The molecule has 0 radical (unpaired) electrons. The molecule has 1 aliphatic rings. The van der Waals surface area contributed by atoms with Gasteiger partial charge < -0.3 is 25.2 Å². The number of pyridine rings is 1. The lowest BCUT2D eigenvalue weighted by Gasteiger charge is -2.36. The second-order valence-corrected chi connectivity index (χ2v) is 8.20. The summed E-state index contributed by atoms with van der Waals surface area (Å²) in [6.45, 7) is 4.28. The Labute approximate surface area is 209 Å². The smallest absolute Gasteiger partial charge is 0.323 e. The van der Waals surface area contributed by atoms with E-state index in [9.17, 15) is 14.9 Å². The van der Waals surface area contributed by atoms with Crippen LogP contribution in [-0.4, -0.2) is 55.2 Å². The first kappa shape index (κ1) is 24.3. The number of nitrogens with one attached hydrogen (secondary N) is 3. The predicted molar refractivity (Wildman–Crippen MR) is 139 cm³/mol. The molecule has 1 aliphatic heterocycles. The van der Waals surface area contributed by atoms with Gasteiger partial charge in [0.1, 0.15) is 11.8 Å². The third-order valence-electron chi connectivity index (χ3n) is 5.87. The summed E-state index contributed by atoms with van der Waals surface area (Å²) in [4.78, 5) is 33.0. The van der Waals surface area contributed by atoms with Gasteiger partial charge in [0.25, 0.3) is 0 Å². The van der Waals surface area contributed by atoms with Gasteiger partial charge in [0.15, 0.2) is 5.82 Å². The van der Waals surface area contributed by atoms with E-state index in [1.54, 1.807) is 30.2 Å². The number of urea groups is 2. The summed E-state index contributed by atoms with van der Waals surface area (Å²) in [6.07, 6.45) is 1.54. The molecule has 10 heteroatoms. The Morgan fingerprint density at radius 3 is 2.42 bits per heavy atom. The number of para-hydroxylation sites is 1. The minimum atomic E-state index is -0.362. The van der Waals surface area contributed by atoms with Crippen molar-refractivity contribution in [2.75, 3.05) is 54.1 Å². The molecule has 3 N–H and O–H groups in total. The highest BCUT2D eigenvalue weighted by Crippen LogP contribution is 2.28. The molecule has 0 saturated carbocycles. The Morgan fingerprint density at radius 2 is 1.72 bits per heavy atom. The fraction of sp³-hybridized carbons (Fsp3) is 0.231. The second kappa shape index (κ2) is 11.1. The summed E-state index contributed by atoms with van der Waals surface area (Å²) < 4.78 is 5.38. The lowest BCUT2D eigenvalue weighted by molar-refractivity contribution is 0.208. The Morgan fingerprint density at radius 1 is 0.972 bits per heavy atom. The number of nitrogens with zero attached hydrogens (tertiary/aromatic N) is 4. The molecular weight excluding hydrogens is 458 g/mol. The topological polar surface area (TPSA) is 123 Å². The summed E-state index contributed by atoms with van der Waals surface area (Å²) in [5.74, 6) is 0.891. The standard InChI is InChI=1S/C26H27N7O3/c1-18-5-3-7-22(23(18)36-2)30-25(34)29-20-8-10-21(11-9-20)32-13-15-33(16-14-32)26(35)31-24-19(17-27)6-4-12-28-24/h3-12H,13-16H2,1-2H3,(H,28,31,35)(H2,29,30,34). The molecule has 0 unspecified atom stereocenters. The fourth-order valence-corrected chi connectivity index (χ4v) is 4.01. The first-order valence-electron chi connectivity index (χ1n) is 11.5. The Bertz CT molecular complexity index is 1280. The van der Waals surface area contributed by atoms with Crippen LogP contribution in [0.1, 0.15) is 11.1 Å². The summed E-state index contributed by atoms with van der Waals surface area (Å²) in [5, 5.41) is 17.5. The van der Waals surface area contributed by atoms with Gasteiger partial charge in [-0.25, -0.2) is 14.6 Å². The number of hydrogen-bond donors (Lipinski definition) is 3. The lowest BCUT2D eigenvalue weighted by atomic mass is 10.2. The fourth-order valence-electron chi connectivity index (χ4n) is 4.01. The summed E-state index contributed by atoms with van der Waals surface area (Å²) in [5.41, 5.74) is 3.51. The maximum absolute atomic E-state index is 12.6. The van der Waals surface area contributed by atoms with E-state index in [-0.39, 0.29) is 17.9 Å². The van der Waals surface area contributed by atoms with E-state index in [1.165, 1.54) is 6.20 Å². The molecule has 4 rings (SSSR count). The maximum Gasteiger partial charge on any atom is 0.323 e. The van der Waals surface area contributed by atoms with Crippen molar-refractivity contribution in [3.8, 4) is 11.8 Å². The summed E-state index contributed by atoms with van der Waals surface area (Å²) in [7, 11) is 1.57. The van der Waals surface area contributed by atoms with E-state index in [2.05, 4.69) is 25.8 Å². The molecule has 36 heavy (non-hydrogen) atoms. The van der Waals surface area contributed by atoms with Crippen LogP contribution in [0, 0.1) is 18.3 Å². The van der Waals surface area contributed by atoms with Crippen molar-refractivity contribution in [1.82, 2.24) is 9.88 Å². The number of carbonyl (C=O) groups excluding carboxylic acids is 2. The number of benzene rings is 2. The lowest BCUT2D eigenvalue weighted by Crippen LogP contribution is -2.50. The van der Waals surface area contributed by atoms with Crippen molar-refractivity contribution in [2.24, 2.45) is 0 Å². The van der Waals surface area contributed by atoms with Gasteiger partial charge in [-0.15, -0.1) is 0 Å². The average Bonchev–Trinajstić information content (AvgIpc) is 2.89. The first-order valence-corrected chi connectivity index (χ1v) is 11.5. The number of nitriles is 1.